The Morgan fingerprint density at radius 2 is 1.54 bits per heavy atom. The fourth-order valence-electron chi connectivity index (χ4n) is 4.61. The Balaban J connectivity index is 1.96. The second kappa shape index (κ2) is 16.0. The predicted octanol–water partition coefficient (Wildman–Crippen LogP) is 3.43. The van der Waals surface area contributed by atoms with Crippen molar-refractivity contribution in [2.45, 2.75) is 96.9 Å². The topological polar surface area (TPSA) is 203 Å². The van der Waals surface area contributed by atoms with Crippen molar-refractivity contribution in [3.63, 3.8) is 0 Å². The van der Waals surface area contributed by atoms with Crippen LogP contribution in [-0.2, 0) is 42.0 Å². The maximum absolute atomic E-state index is 16.8. The lowest BCUT2D eigenvalue weighted by Crippen LogP contribution is -2.46. The van der Waals surface area contributed by atoms with Gasteiger partial charge in [-0.3, -0.25) is 33.0 Å². The molecule has 2 unspecified atom stereocenters. The summed E-state index contributed by atoms with van der Waals surface area (Å²) < 4.78 is 78.6. The van der Waals surface area contributed by atoms with Gasteiger partial charge in [-0.05, 0) is 60.6 Å². The number of hydrogen-bond donors (Lipinski definition) is 3. The minimum atomic E-state index is -4.49. The number of alkyl halides is 1. The Morgan fingerprint density at radius 3 is 2.08 bits per heavy atom. The molecular weight excluding hydrogens is 677 g/mol. The van der Waals surface area contributed by atoms with Gasteiger partial charge >= 0.3 is 25.4 Å². The molecule has 0 bridgehead atoms. The van der Waals surface area contributed by atoms with Crippen LogP contribution >= 0.6 is 15.3 Å². The molecule has 0 saturated carbocycles. The summed E-state index contributed by atoms with van der Waals surface area (Å²) in [4.78, 5) is 51.3. The Kier molecular flexibility index (Phi) is 13.1. The van der Waals surface area contributed by atoms with Gasteiger partial charge < -0.3 is 23.3 Å². The number of nitrogens with zero attached hydrogens (tertiary/aromatic N) is 1. The van der Waals surface area contributed by atoms with Crippen molar-refractivity contribution in [2.24, 2.45) is 0 Å². The van der Waals surface area contributed by atoms with E-state index in [0.29, 0.717) is 0 Å². The predicted molar refractivity (Wildman–Crippen MR) is 171 cm³/mol. The number of benzene rings is 1. The van der Waals surface area contributed by atoms with Crippen molar-refractivity contribution in [1.29, 1.82) is 0 Å². The number of halogens is 1. The summed E-state index contributed by atoms with van der Waals surface area (Å²) in [6.07, 6.45) is -5.05. The summed E-state index contributed by atoms with van der Waals surface area (Å²) in [6, 6.07) is 6.48. The molecule has 1 aliphatic rings. The smallest absolute Gasteiger partial charge is 0.459 e. The second-order valence-electron chi connectivity index (χ2n) is 11.9. The van der Waals surface area contributed by atoms with Gasteiger partial charge in [-0.25, -0.2) is 18.8 Å². The first kappa shape index (κ1) is 39.3. The van der Waals surface area contributed by atoms with E-state index in [1.54, 1.807) is 45.9 Å². The first-order valence-electron chi connectivity index (χ1n) is 15.1. The van der Waals surface area contributed by atoms with Crippen LogP contribution in [0, 0.1) is 0 Å². The van der Waals surface area contributed by atoms with Crippen LogP contribution in [0.2, 0.25) is 0 Å². The van der Waals surface area contributed by atoms with Crippen molar-refractivity contribution in [2.75, 3.05) is 13.3 Å². The fraction of sp³-hybridized carbons (Fsp3) is 0.586. The van der Waals surface area contributed by atoms with E-state index in [2.05, 4.69) is 10.2 Å². The molecule has 3 N–H and O–H groups in total. The van der Waals surface area contributed by atoms with E-state index in [9.17, 15) is 28.3 Å². The second-order valence-corrected chi connectivity index (χ2v) is 15.8. The van der Waals surface area contributed by atoms with Crippen LogP contribution < -0.4 is 25.9 Å². The Labute approximate surface area is 277 Å². The maximum atomic E-state index is 16.8. The van der Waals surface area contributed by atoms with Gasteiger partial charge in [0.1, 0.15) is 30.0 Å². The van der Waals surface area contributed by atoms with Gasteiger partial charge in [0, 0.05) is 18.9 Å². The van der Waals surface area contributed by atoms with Gasteiger partial charge in [-0.2, -0.15) is 5.09 Å². The molecule has 0 aliphatic carbocycles. The molecule has 0 spiro atoms. The van der Waals surface area contributed by atoms with Gasteiger partial charge in [-0.15, -0.1) is 0 Å². The van der Waals surface area contributed by atoms with Gasteiger partial charge in [0.05, 0.1) is 18.8 Å². The van der Waals surface area contributed by atoms with Crippen LogP contribution in [0.25, 0.3) is 0 Å². The highest BCUT2D eigenvalue weighted by Crippen LogP contribution is 2.52. The number of rotatable bonds is 16. The van der Waals surface area contributed by atoms with Crippen LogP contribution in [-0.4, -0.2) is 76.9 Å². The van der Waals surface area contributed by atoms with Crippen molar-refractivity contribution in [3.8, 4) is 5.75 Å². The molecule has 48 heavy (non-hydrogen) atoms. The third kappa shape index (κ3) is 10.7. The molecule has 19 heteroatoms. The van der Waals surface area contributed by atoms with E-state index in [1.807, 2.05) is 4.98 Å². The summed E-state index contributed by atoms with van der Waals surface area (Å²) in [5, 5.41) is 5.02. The highest BCUT2D eigenvalue weighted by Gasteiger charge is 2.59. The molecule has 0 radical (unpaired) electrons. The number of H-pyrrole nitrogens is 1. The molecule has 8 atom stereocenters. The molecular formula is C29H43FN4O12P2. The van der Waals surface area contributed by atoms with Gasteiger partial charge in [-0.1, -0.05) is 18.2 Å². The van der Waals surface area contributed by atoms with Crippen LogP contribution in [0.1, 0.15) is 54.7 Å². The van der Waals surface area contributed by atoms with Crippen molar-refractivity contribution in [3.05, 3.63) is 63.4 Å². The molecule has 1 aromatic heterocycles. The molecule has 2 aromatic rings. The molecule has 2 heterocycles. The number of aromatic amines is 1. The average molecular weight is 721 g/mol. The molecule has 16 nitrogen and oxygen atoms in total. The molecule has 3 rings (SSSR count). The first-order valence-corrected chi connectivity index (χ1v) is 18.7. The molecule has 1 aliphatic heterocycles. The normalized spacial score (nSPS) is 24.8. The standard InChI is InChI=1S/C29H43FN4O12P2/c1-17(2)42-25(36)19(5)32-47(8,39)46-24-22(44-27(29(24,7)30)34-15-14-23(35)31-28(34)38)16-41-48(40,45-21-12-10-9-11-13-21)33-20(6)26(37)43-18(3)4/h9-15,17-20,22,24,27H,16H2,1-8H3,(H,32,39)(H,33,40)(H,31,35,38)/t19-,20-,22+,24+,27+,29+,47?,48?/m0/s1. The Hall–Kier alpha value is -3.17. The minimum Gasteiger partial charge on any atom is -0.462 e. The van der Waals surface area contributed by atoms with E-state index < -0.39 is 93.5 Å². The van der Waals surface area contributed by atoms with Gasteiger partial charge in [0.25, 0.3) is 13.1 Å². The lowest BCUT2D eigenvalue weighted by molar-refractivity contribution is -0.149. The molecule has 1 aromatic carbocycles. The number of esters is 2. The number of carbonyl (C=O) groups is 2. The molecule has 1 fully saturated rings. The highest BCUT2D eigenvalue weighted by atomic mass is 31.2. The van der Waals surface area contributed by atoms with E-state index in [-0.39, 0.29) is 5.75 Å². The molecule has 268 valence electrons. The minimum absolute atomic E-state index is 0.0930. The number of nitrogens with one attached hydrogen (secondary N) is 3. The van der Waals surface area contributed by atoms with Gasteiger partial charge in [0.15, 0.2) is 11.9 Å². The van der Waals surface area contributed by atoms with Gasteiger partial charge in [0.2, 0.25) is 0 Å². The van der Waals surface area contributed by atoms with Crippen molar-refractivity contribution in [1.82, 2.24) is 19.7 Å². The fourth-order valence-corrected chi connectivity index (χ4v) is 7.76. The van der Waals surface area contributed by atoms with E-state index >= 15 is 4.39 Å². The van der Waals surface area contributed by atoms with Crippen LogP contribution in [0.4, 0.5) is 4.39 Å². The zero-order valence-electron chi connectivity index (χ0n) is 27.9. The Morgan fingerprint density at radius 1 is 0.979 bits per heavy atom. The zero-order valence-corrected chi connectivity index (χ0v) is 29.7. The zero-order chi connectivity index (χ0) is 36.0. The number of carbonyl (C=O) groups excluding carboxylic acids is 2. The summed E-state index contributed by atoms with van der Waals surface area (Å²) in [7, 11) is -8.56. The number of para-hydroxylation sites is 1. The lowest BCUT2D eigenvalue weighted by atomic mass is 9.98. The van der Waals surface area contributed by atoms with Crippen molar-refractivity contribution >= 4 is 27.2 Å². The maximum Gasteiger partial charge on any atom is 0.459 e. The van der Waals surface area contributed by atoms with E-state index in [0.717, 1.165) is 30.4 Å². The van der Waals surface area contributed by atoms with E-state index in [4.69, 9.17) is 27.8 Å². The largest absolute Gasteiger partial charge is 0.462 e. The van der Waals surface area contributed by atoms with E-state index in [1.165, 1.54) is 26.0 Å². The number of aromatic nitrogens is 2. The van der Waals surface area contributed by atoms with Crippen molar-refractivity contribution < 1.29 is 50.9 Å². The number of hydrogen-bond acceptors (Lipinski definition) is 12. The van der Waals surface area contributed by atoms with Crippen LogP contribution in [0.3, 0.4) is 0 Å². The third-order valence-electron chi connectivity index (χ3n) is 6.67. The van der Waals surface area contributed by atoms with Crippen LogP contribution in [0.5, 0.6) is 5.75 Å². The summed E-state index contributed by atoms with van der Waals surface area (Å²) in [6.45, 7) is 10.6. The summed E-state index contributed by atoms with van der Waals surface area (Å²) in [5.74, 6) is -1.41. The Bertz CT molecular complexity index is 1630. The number of ether oxygens (including phenoxy) is 3. The SMILES string of the molecule is CC(C)OC(=O)[C@H](C)NP(C)(=O)O[C@@H]1[C@@H](COP(=O)(N[C@@H](C)C(=O)OC(C)C)Oc2ccccc2)O[C@@H](n2ccc(=O)[nH]c2=O)[C@]1(C)F. The summed E-state index contributed by atoms with van der Waals surface area (Å²) in [5.41, 5.74) is -4.42. The monoisotopic (exact) mass is 720 g/mol. The molecule has 0 amide bonds. The molecule has 1 saturated heterocycles. The highest BCUT2D eigenvalue weighted by molar-refractivity contribution is 7.56. The first-order chi connectivity index (χ1) is 22.2. The quantitative estimate of drug-likeness (QED) is 0.168. The third-order valence-corrected chi connectivity index (χ3v) is 9.80. The average Bonchev–Trinajstić information content (AvgIpc) is 3.19. The lowest BCUT2D eigenvalue weighted by Gasteiger charge is -2.31. The van der Waals surface area contributed by atoms with Crippen LogP contribution in [0.15, 0.2) is 52.2 Å². The summed E-state index contributed by atoms with van der Waals surface area (Å²) >= 11 is 0.